The van der Waals surface area contributed by atoms with Gasteiger partial charge in [0.2, 0.25) is 0 Å². The molecule has 0 fully saturated rings. The molecule has 112 valence electrons. The number of hydrogen-bond acceptors (Lipinski definition) is 5. The molecule has 0 atom stereocenters. The molecule has 0 unspecified atom stereocenters. The summed E-state index contributed by atoms with van der Waals surface area (Å²) in [6.45, 7) is 3.89. The second-order valence-corrected chi connectivity index (χ2v) is 5.76. The van der Waals surface area contributed by atoms with Gasteiger partial charge in [-0.25, -0.2) is 14.6 Å². The molecule has 2 heterocycles. The molecular weight excluding hydrogens is 344 g/mol. The molecule has 7 heteroatoms. The fourth-order valence-electron chi connectivity index (χ4n) is 2.19. The highest BCUT2D eigenvalue weighted by atomic mass is 79.9. The Labute approximate surface area is 136 Å². The van der Waals surface area contributed by atoms with Crippen molar-refractivity contribution < 1.29 is 0 Å². The number of nitrogens with zero attached hydrogens (tertiary/aromatic N) is 4. The Bertz CT molecular complexity index is 827. The first-order valence-corrected chi connectivity index (χ1v) is 7.51. The zero-order valence-electron chi connectivity index (χ0n) is 12.2. The van der Waals surface area contributed by atoms with Gasteiger partial charge in [0.15, 0.2) is 11.6 Å². The van der Waals surface area contributed by atoms with E-state index in [0.29, 0.717) is 17.3 Å². The van der Waals surface area contributed by atoms with E-state index in [2.05, 4.69) is 36.3 Å². The average molecular weight is 359 g/mol. The molecule has 6 nitrogen and oxygen atoms in total. The van der Waals surface area contributed by atoms with Gasteiger partial charge < -0.3 is 11.1 Å². The Hall–Kier alpha value is -2.41. The number of anilines is 3. The molecule has 22 heavy (non-hydrogen) atoms. The number of aromatic nitrogens is 4. The van der Waals surface area contributed by atoms with Gasteiger partial charge in [0.1, 0.15) is 12.0 Å². The fourth-order valence-corrected chi connectivity index (χ4v) is 2.57. The first-order chi connectivity index (χ1) is 10.6. The van der Waals surface area contributed by atoms with E-state index in [9.17, 15) is 0 Å². The molecular formula is C15H15BrN6. The quantitative estimate of drug-likeness (QED) is 0.749. The summed E-state index contributed by atoms with van der Waals surface area (Å²) in [5.74, 6) is 1.11. The summed E-state index contributed by atoms with van der Waals surface area (Å²) in [5.41, 5.74) is 9.44. The van der Waals surface area contributed by atoms with Crippen molar-refractivity contribution in [1.29, 1.82) is 0 Å². The van der Waals surface area contributed by atoms with Crippen LogP contribution in [0.25, 0.3) is 5.82 Å². The molecule has 0 aliphatic rings. The van der Waals surface area contributed by atoms with Crippen LogP contribution in [0.3, 0.4) is 0 Å². The van der Waals surface area contributed by atoms with Crippen molar-refractivity contribution in [2.45, 2.75) is 13.8 Å². The molecule has 0 spiro atoms. The predicted octanol–water partition coefficient (Wildman–Crippen LogP) is 3.37. The second-order valence-electron chi connectivity index (χ2n) is 4.90. The lowest BCUT2D eigenvalue weighted by Crippen LogP contribution is -2.09. The number of nitrogens with two attached hydrogens (primary N) is 1. The van der Waals surface area contributed by atoms with E-state index in [4.69, 9.17) is 5.73 Å². The van der Waals surface area contributed by atoms with Crippen molar-refractivity contribution in [3.63, 3.8) is 0 Å². The molecule has 0 aliphatic heterocycles. The lowest BCUT2D eigenvalue weighted by Gasteiger charge is -2.12. The highest BCUT2D eigenvalue weighted by molar-refractivity contribution is 9.10. The summed E-state index contributed by atoms with van der Waals surface area (Å²) >= 11 is 3.49. The van der Waals surface area contributed by atoms with Gasteiger partial charge in [-0.05, 0) is 48.0 Å². The standard InChI is InChI=1S/C15H15BrN6/c1-9-7-10(2)22(21-9)15-13(17)14(18-8-19-15)20-12-6-4-3-5-11(12)16/h3-8H,17H2,1-2H3,(H,18,19,20). The topological polar surface area (TPSA) is 81.7 Å². The van der Waals surface area contributed by atoms with Crippen molar-refractivity contribution in [1.82, 2.24) is 19.7 Å². The summed E-state index contributed by atoms with van der Waals surface area (Å²) in [6, 6.07) is 9.74. The third kappa shape index (κ3) is 2.67. The minimum absolute atomic E-state index is 0.449. The monoisotopic (exact) mass is 358 g/mol. The van der Waals surface area contributed by atoms with E-state index in [-0.39, 0.29) is 0 Å². The number of benzene rings is 1. The Morgan fingerprint density at radius 3 is 2.64 bits per heavy atom. The van der Waals surface area contributed by atoms with Crippen LogP contribution in [0.4, 0.5) is 17.2 Å². The van der Waals surface area contributed by atoms with E-state index in [1.165, 1.54) is 6.33 Å². The number of para-hydroxylation sites is 1. The van der Waals surface area contributed by atoms with Crippen LogP contribution in [0.2, 0.25) is 0 Å². The molecule has 0 saturated carbocycles. The maximum absolute atomic E-state index is 6.23. The first kappa shape index (κ1) is 14.5. The molecule has 0 aliphatic carbocycles. The van der Waals surface area contributed by atoms with Crippen LogP contribution in [0.5, 0.6) is 0 Å². The smallest absolute Gasteiger partial charge is 0.182 e. The van der Waals surface area contributed by atoms with Crippen LogP contribution >= 0.6 is 15.9 Å². The van der Waals surface area contributed by atoms with Gasteiger partial charge in [-0.15, -0.1) is 0 Å². The Balaban J connectivity index is 2.03. The first-order valence-electron chi connectivity index (χ1n) is 6.72. The summed E-state index contributed by atoms with van der Waals surface area (Å²) in [4.78, 5) is 8.49. The van der Waals surface area contributed by atoms with Crippen LogP contribution in [-0.4, -0.2) is 19.7 Å². The van der Waals surface area contributed by atoms with Gasteiger partial charge in [0, 0.05) is 10.2 Å². The number of aryl methyl sites for hydroxylation is 2. The highest BCUT2D eigenvalue weighted by Gasteiger charge is 2.13. The maximum atomic E-state index is 6.23. The van der Waals surface area contributed by atoms with E-state index < -0.39 is 0 Å². The van der Waals surface area contributed by atoms with Gasteiger partial charge in [-0.2, -0.15) is 5.10 Å². The Morgan fingerprint density at radius 1 is 1.18 bits per heavy atom. The van der Waals surface area contributed by atoms with Crippen LogP contribution in [0.15, 0.2) is 41.1 Å². The third-order valence-electron chi connectivity index (χ3n) is 3.20. The van der Waals surface area contributed by atoms with Crippen LogP contribution in [0.1, 0.15) is 11.4 Å². The minimum Gasteiger partial charge on any atom is -0.393 e. The molecule has 3 aromatic rings. The zero-order chi connectivity index (χ0) is 15.7. The fraction of sp³-hybridized carbons (Fsp3) is 0.133. The number of halogens is 1. The Kier molecular flexibility index (Phi) is 3.81. The summed E-state index contributed by atoms with van der Waals surface area (Å²) in [5, 5.41) is 7.63. The molecule has 3 N–H and O–H groups in total. The van der Waals surface area contributed by atoms with Gasteiger partial charge in [-0.1, -0.05) is 12.1 Å². The van der Waals surface area contributed by atoms with E-state index >= 15 is 0 Å². The van der Waals surface area contributed by atoms with Gasteiger partial charge >= 0.3 is 0 Å². The number of hydrogen-bond donors (Lipinski definition) is 2. The molecule has 0 radical (unpaired) electrons. The third-order valence-corrected chi connectivity index (χ3v) is 3.89. The molecule has 3 rings (SSSR count). The summed E-state index contributed by atoms with van der Waals surface area (Å²) in [7, 11) is 0. The molecule has 2 aromatic heterocycles. The average Bonchev–Trinajstić information content (AvgIpc) is 2.82. The van der Waals surface area contributed by atoms with Gasteiger partial charge in [0.25, 0.3) is 0 Å². The lowest BCUT2D eigenvalue weighted by molar-refractivity contribution is 0.804. The molecule has 0 bridgehead atoms. The largest absolute Gasteiger partial charge is 0.393 e. The van der Waals surface area contributed by atoms with Gasteiger partial charge in [-0.3, -0.25) is 0 Å². The van der Waals surface area contributed by atoms with Crippen molar-refractivity contribution in [3.8, 4) is 5.82 Å². The maximum Gasteiger partial charge on any atom is 0.182 e. The van der Waals surface area contributed by atoms with Crippen molar-refractivity contribution >= 4 is 33.1 Å². The van der Waals surface area contributed by atoms with E-state index in [0.717, 1.165) is 21.5 Å². The summed E-state index contributed by atoms with van der Waals surface area (Å²) < 4.78 is 2.65. The number of nitrogen functional groups attached to an aromatic ring is 1. The number of nitrogens with one attached hydrogen (secondary N) is 1. The van der Waals surface area contributed by atoms with Gasteiger partial charge in [0.05, 0.1) is 11.4 Å². The van der Waals surface area contributed by atoms with Crippen LogP contribution < -0.4 is 11.1 Å². The number of rotatable bonds is 3. The van der Waals surface area contributed by atoms with Crippen molar-refractivity contribution in [2.24, 2.45) is 0 Å². The Morgan fingerprint density at radius 2 is 1.95 bits per heavy atom. The van der Waals surface area contributed by atoms with Crippen molar-refractivity contribution in [3.05, 3.63) is 52.5 Å². The SMILES string of the molecule is Cc1cc(C)n(-c2ncnc(Nc3ccccc3Br)c2N)n1. The van der Waals surface area contributed by atoms with Crippen LogP contribution in [0, 0.1) is 13.8 Å². The lowest BCUT2D eigenvalue weighted by atomic mass is 10.3. The highest BCUT2D eigenvalue weighted by Crippen LogP contribution is 2.29. The minimum atomic E-state index is 0.449. The normalized spacial score (nSPS) is 10.7. The van der Waals surface area contributed by atoms with Crippen LogP contribution in [-0.2, 0) is 0 Å². The van der Waals surface area contributed by atoms with E-state index in [1.54, 1.807) is 4.68 Å². The summed E-state index contributed by atoms with van der Waals surface area (Å²) in [6.07, 6.45) is 1.47. The van der Waals surface area contributed by atoms with E-state index in [1.807, 2.05) is 44.2 Å². The zero-order valence-corrected chi connectivity index (χ0v) is 13.8. The molecule has 0 amide bonds. The molecule has 0 saturated heterocycles. The molecule has 1 aromatic carbocycles. The predicted molar refractivity (Wildman–Crippen MR) is 90.5 cm³/mol. The van der Waals surface area contributed by atoms with Crippen molar-refractivity contribution in [2.75, 3.05) is 11.1 Å². The second kappa shape index (κ2) is 5.76.